The van der Waals surface area contributed by atoms with Crippen LogP contribution in [0.15, 0.2) is 116 Å². The van der Waals surface area contributed by atoms with Crippen LogP contribution in [0.4, 0.5) is 0 Å². The number of benzene rings is 4. The van der Waals surface area contributed by atoms with Crippen molar-refractivity contribution >= 4 is 44.8 Å². The molecule has 5 heteroatoms. The van der Waals surface area contributed by atoms with E-state index in [2.05, 4.69) is 116 Å². The molecule has 0 bridgehead atoms. The van der Waals surface area contributed by atoms with Crippen molar-refractivity contribution in [1.82, 2.24) is 9.97 Å². The molecule has 1 aliphatic rings. The Morgan fingerprint density at radius 2 is 1.54 bits per heavy atom. The Hall–Kier alpha value is -3.73. The predicted molar refractivity (Wildman–Crippen MR) is 195 cm³/mol. The largest absolute Gasteiger partial charge is 0.305 e. The molecule has 3 heterocycles. The number of hydrogen-bond acceptors (Lipinski definition) is 3. The van der Waals surface area contributed by atoms with Crippen LogP contribution in [-0.2, 0) is 32.9 Å². The quantitative estimate of drug-likeness (QED) is 0.131. The number of pyridine rings is 2. The zero-order valence-corrected chi connectivity index (χ0v) is 30.6. The van der Waals surface area contributed by atoms with Crippen molar-refractivity contribution in [3.05, 3.63) is 139 Å². The van der Waals surface area contributed by atoms with Crippen LogP contribution in [0.5, 0.6) is 0 Å². The molecule has 0 aliphatic heterocycles. The van der Waals surface area contributed by atoms with Crippen LogP contribution in [0.2, 0.25) is 19.6 Å². The summed E-state index contributed by atoms with van der Waals surface area (Å²) in [5, 5.41) is 4.03. The van der Waals surface area contributed by atoms with Crippen molar-refractivity contribution in [2.75, 3.05) is 0 Å². The molecule has 0 N–H and O–H groups in total. The average molecular weight is 809 g/mol. The van der Waals surface area contributed by atoms with Crippen LogP contribution in [0.25, 0.3) is 53.8 Å². The Balaban J connectivity index is 0.000000187. The van der Waals surface area contributed by atoms with Gasteiger partial charge in [-0.3, -0.25) is 0 Å². The molecule has 3 aromatic heterocycles. The molecule has 0 spiro atoms. The van der Waals surface area contributed by atoms with Crippen molar-refractivity contribution in [1.29, 1.82) is 0 Å². The minimum atomic E-state index is -1.23. The second-order valence-electron chi connectivity index (χ2n) is 12.7. The van der Waals surface area contributed by atoms with E-state index in [1.165, 1.54) is 72.4 Å². The van der Waals surface area contributed by atoms with E-state index >= 15 is 0 Å². The van der Waals surface area contributed by atoms with E-state index in [4.69, 9.17) is 4.98 Å². The molecule has 1 radical (unpaired) electrons. The van der Waals surface area contributed by atoms with Gasteiger partial charge in [0.15, 0.2) is 0 Å². The summed E-state index contributed by atoms with van der Waals surface area (Å²) in [6, 6.07) is 42.9. The van der Waals surface area contributed by atoms with Crippen molar-refractivity contribution in [3.8, 4) is 33.6 Å². The van der Waals surface area contributed by atoms with Crippen molar-refractivity contribution < 1.29 is 20.1 Å². The van der Waals surface area contributed by atoms with Gasteiger partial charge in [0.2, 0.25) is 0 Å². The first kappa shape index (κ1) is 32.2. The Morgan fingerprint density at radius 3 is 2.30 bits per heavy atom. The van der Waals surface area contributed by atoms with Crippen molar-refractivity contribution in [3.63, 3.8) is 0 Å². The SMILES string of the molecule is C[Si](C)(C)c1ccc(-c2[c-]cccc2)nc1.[Ir].[c-]1ccc2c(sc3ccc(-c4ccccc4)cc32)c1-c1nccc2c1CCCC2. The van der Waals surface area contributed by atoms with Gasteiger partial charge < -0.3 is 9.97 Å². The number of hydrogen-bond donors (Lipinski definition) is 0. The van der Waals surface area contributed by atoms with Gasteiger partial charge in [-0.2, -0.15) is 11.3 Å². The standard InChI is InChI=1S/C27H20NS.C14H16NSi.Ir/c1-2-7-18(8-3-1)20-13-14-25-24(17-20)22-11-6-12-23(27(22)29-25)26-21-10-5-4-9-19(21)15-16-28-26;1-16(2,3)13-9-10-14(15-11-13)12-7-5-4-6-8-12;/h1-3,6-8,11,13-17H,4-5,9-10H2;4-7,9-11H,1-3H3;/q2*-1;. The summed E-state index contributed by atoms with van der Waals surface area (Å²) in [5.74, 6) is 0. The topological polar surface area (TPSA) is 25.8 Å². The predicted octanol–water partition coefficient (Wildman–Crippen LogP) is 10.6. The smallest absolute Gasteiger partial charge is 0.0795 e. The number of aryl methyl sites for hydroxylation is 1. The van der Waals surface area contributed by atoms with E-state index in [1.54, 1.807) is 0 Å². The summed E-state index contributed by atoms with van der Waals surface area (Å²) in [6.07, 6.45) is 8.85. The zero-order chi connectivity index (χ0) is 30.8. The minimum absolute atomic E-state index is 0. The number of aromatic nitrogens is 2. The van der Waals surface area contributed by atoms with Crippen LogP contribution in [0, 0.1) is 12.1 Å². The van der Waals surface area contributed by atoms with Gasteiger partial charge in [0.1, 0.15) is 0 Å². The number of nitrogens with zero attached hydrogens (tertiary/aromatic N) is 2. The molecular formula is C41H36IrN2SSi-2. The van der Waals surface area contributed by atoms with E-state index < -0.39 is 8.07 Å². The maximum Gasteiger partial charge on any atom is 0.0795 e. The van der Waals surface area contributed by atoms with E-state index in [1.807, 2.05) is 48.0 Å². The van der Waals surface area contributed by atoms with Gasteiger partial charge in [-0.05, 0) is 81.7 Å². The van der Waals surface area contributed by atoms with E-state index in [0.717, 1.165) is 23.4 Å². The summed E-state index contributed by atoms with van der Waals surface area (Å²) >= 11 is 1.87. The van der Waals surface area contributed by atoms with Gasteiger partial charge in [-0.15, -0.1) is 59.7 Å². The molecule has 46 heavy (non-hydrogen) atoms. The Labute approximate surface area is 291 Å². The van der Waals surface area contributed by atoms with E-state index in [0.29, 0.717) is 0 Å². The molecule has 0 atom stereocenters. The third kappa shape index (κ3) is 6.70. The molecule has 0 amide bonds. The van der Waals surface area contributed by atoms with Crippen LogP contribution >= 0.6 is 11.3 Å². The maximum atomic E-state index is 4.82. The molecule has 0 fully saturated rings. The first-order valence-corrected chi connectivity index (χ1v) is 20.1. The Kier molecular flexibility index (Phi) is 9.77. The molecule has 7 aromatic rings. The number of fused-ring (bicyclic) bond motifs is 4. The van der Waals surface area contributed by atoms with Crippen LogP contribution in [0.3, 0.4) is 0 Å². The van der Waals surface area contributed by atoms with Gasteiger partial charge in [0.05, 0.1) is 8.07 Å². The van der Waals surface area contributed by atoms with Crippen molar-refractivity contribution in [2.24, 2.45) is 0 Å². The van der Waals surface area contributed by atoms with Crippen LogP contribution in [0.1, 0.15) is 24.0 Å². The summed E-state index contributed by atoms with van der Waals surface area (Å²) in [6.45, 7) is 7.00. The molecule has 2 nitrogen and oxygen atoms in total. The van der Waals surface area contributed by atoms with Crippen LogP contribution < -0.4 is 5.19 Å². The molecule has 0 saturated carbocycles. The van der Waals surface area contributed by atoms with Gasteiger partial charge in [-0.1, -0.05) is 84.7 Å². The Morgan fingerprint density at radius 1 is 0.717 bits per heavy atom. The molecule has 231 valence electrons. The number of thiophene rings is 1. The minimum Gasteiger partial charge on any atom is -0.305 e. The zero-order valence-electron chi connectivity index (χ0n) is 26.4. The third-order valence-electron chi connectivity index (χ3n) is 8.67. The molecule has 8 rings (SSSR count). The first-order valence-electron chi connectivity index (χ1n) is 15.8. The summed E-state index contributed by atoms with van der Waals surface area (Å²) in [7, 11) is -1.23. The summed E-state index contributed by atoms with van der Waals surface area (Å²) in [5.41, 5.74) is 9.81. The molecule has 0 saturated heterocycles. The summed E-state index contributed by atoms with van der Waals surface area (Å²) < 4.78 is 2.63. The normalized spacial score (nSPS) is 12.6. The van der Waals surface area contributed by atoms with Gasteiger partial charge in [0.25, 0.3) is 0 Å². The van der Waals surface area contributed by atoms with Gasteiger partial charge in [-0.25, -0.2) is 0 Å². The summed E-state index contributed by atoms with van der Waals surface area (Å²) in [4.78, 5) is 9.34. The fraction of sp³-hybridized carbons (Fsp3) is 0.171. The average Bonchev–Trinajstić information content (AvgIpc) is 3.47. The molecule has 4 aromatic carbocycles. The second-order valence-corrected chi connectivity index (χ2v) is 18.9. The fourth-order valence-electron chi connectivity index (χ4n) is 6.16. The second kappa shape index (κ2) is 13.9. The molecule has 0 unspecified atom stereocenters. The van der Waals surface area contributed by atoms with Crippen LogP contribution in [-0.4, -0.2) is 18.0 Å². The fourth-order valence-corrected chi connectivity index (χ4v) is 8.37. The van der Waals surface area contributed by atoms with Crippen molar-refractivity contribution in [2.45, 2.75) is 45.3 Å². The molecule has 1 aliphatic carbocycles. The van der Waals surface area contributed by atoms with E-state index in [-0.39, 0.29) is 20.1 Å². The first-order chi connectivity index (χ1) is 22.0. The molecular weight excluding hydrogens is 773 g/mol. The van der Waals surface area contributed by atoms with Gasteiger partial charge >= 0.3 is 0 Å². The van der Waals surface area contributed by atoms with Gasteiger partial charge in [0, 0.05) is 37.2 Å². The Bertz CT molecular complexity index is 2080. The van der Waals surface area contributed by atoms with E-state index in [9.17, 15) is 0 Å². The number of rotatable bonds is 4. The third-order valence-corrected chi connectivity index (χ3v) is 11.9. The maximum absolute atomic E-state index is 4.82. The monoisotopic (exact) mass is 809 g/mol.